The topological polar surface area (TPSA) is 12.0 Å². The molecule has 0 atom stereocenters. The molecule has 0 bridgehead atoms. The largest absolute Gasteiger partial charge is 0.382 e. The van der Waals surface area contributed by atoms with Gasteiger partial charge in [0.25, 0.3) is 0 Å². The normalized spacial score (nSPS) is 22.4. The molecule has 0 saturated heterocycles. The molecule has 112 valence electrons. The SMILES string of the molecule is CC(C)c1ccc(NC2CC(C(C)C)C2)c(C(C)C)c1. The molecule has 0 heterocycles. The molecule has 1 aliphatic rings. The Kier molecular flexibility index (Phi) is 4.78. The van der Waals surface area contributed by atoms with Crippen molar-refractivity contribution in [1.82, 2.24) is 0 Å². The third-order valence-electron chi connectivity index (χ3n) is 4.84. The minimum absolute atomic E-state index is 0.581. The van der Waals surface area contributed by atoms with Crippen LogP contribution in [0.5, 0.6) is 0 Å². The Morgan fingerprint density at radius 3 is 2.10 bits per heavy atom. The second-order valence-corrected chi connectivity index (χ2v) is 7.47. The fourth-order valence-corrected chi connectivity index (χ4v) is 3.09. The summed E-state index contributed by atoms with van der Waals surface area (Å²) >= 11 is 0. The standard InChI is InChI=1S/C19H31N/c1-12(2)15-7-8-19(18(11-15)14(5)6)20-17-9-16(10-17)13(3)4/h7-8,11-14,16-17,20H,9-10H2,1-6H3. The molecular weight excluding hydrogens is 242 g/mol. The predicted octanol–water partition coefficient (Wildman–Crippen LogP) is 5.78. The van der Waals surface area contributed by atoms with E-state index in [1.54, 1.807) is 0 Å². The van der Waals surface area contributed by atoms with Crippen LogP contribution < -0.4 is 5.32 Å². The second kappa shape index (κ2) is 6.20. The van der Waals surface area contributed by atoms with E-state index in [1.807, 2.05) is 0 Å². The van der Waals surface area contributed by atoms with Crippen LogP contribution >= 0.6 is 0 Å². The first-order valence-electron chi connectivity index (χ1n) is 8.28. The lowest BCUT2D eigenvalue weighted by atomic mass is 9.73. The molecule has 1 aromatic rings. The maximum absolute atomic E-state index is 3.78. The van der Waals surface area contributed by atoms with Crippen molar-refractivity contribution in [2.75, 3.05) is 5.32 Å². The monoisotopic (exact) mass is 273 g/mol. The van der Waals surface area contributed by atoms with Crippen molar-refractivity contribution in [3.8, 4) is 0 Å². The number of anilines is 1. The maximum atomic E-state index is 3.78. The number of hydrogen-bond acceptors (Lipinski definition) is 1. The first kappa shape index (κ1) is 15.4. The molecule has 0 aliphatic heterocycles. The number of nitrogens with one attached hydrogen (secondary N) is 1. The van der Waals surface area contributed by atoms with Gasteiger partial charge in [-0.2, -0.15) is 0 Å². The van der Waals surface area contributed by atoms with Crippen LogP contribution in [0.15, 0.2) is 18.2 Å². The van der Waals surface area contributed by atoms with Gasteiger partial charge in [-0.3, -0.25) is 0 Å². The van der Waals surface area contributed by atoms with Crippen molar-refractivity contribution in [1.29, 1.82) is 0 Å². The molecule has 1 saturated carbocycles. The Morgan fingerprint density at radius 2 is 1.60 bits per heavy atom. The average Bonchev–Trinajstić information content (AvgIpc) is 2.32. The highest BCUT2D eigenvalue weighted by Crippen LogP contribution is 2.37. The summed E-state index contributed by atoms with van der Waals surface area (Å²) in [7, 11) is 0. The number of rotatable bonds is 5. The van der Waals surface area contributed by atoms with E-state index in [4.69, 9.17) is 0 Å². The lowest BCUT2D eigenvalue weighted by molar-refractivity contribution is 0.211. The molecule has 0 spiro atoms. The summed E-state index contributed by atoms with van der Waals surface area (Å²) in [5.41, 5.74) is 4.29. The summed E-state index contributed by atoms with van der Waals surface area (Å²) in [4.78, 5) is 0. The van der Waals surface area contributed by atoms with Crippen LogP contribution in [0.3, 0.4) is 0 Å². The molecule has 1 heteroatoms. The van der Waals surface area contributed by atoms with Gasteiger partial charge in [0.1, 0.15) is 0 Å². The molecule has 1 aliphatic carbocycles. The Morgan fingerprint density at radius 1 is 0.950 bits per heavy atom. The van der Waals surface area contributed by atoms with Gasteiger partial charge in [0.2, 0.25) is 0 Å². The van der Waals surface area contributed by atoms with Gasteiger partial charge in [-0.1, -0.05) is 53.7 Å². The zero-order valence-corrected chi connectivity index (χ0v) is 14.0. The molecule has 1 nitrogen and oxygen atoms in total. The molecule has 1 fully saturated rings. The summed E-state index contributed by atoms with van der Waals surface area (Å²) in [5, 5.41) is 3.78. The van der Waals surface area contributed by atoms with Crippen molar-refractivity contribution < 1.29 is 0 Å². The average molecular weight is 273 g/mol. The summed E-state index contributed by atoms with van der Waals surface area (Å²) in [5.74, 6) is 2.94. The maximum Gasteiger partial charge on any atom is 0.0377 e. The molecule has 2 rings (SSSR count). The Hall–Kier alpha value is -0.980. The van der Waals surface area contributed by atoms with Crippen LogP contribution in [0.25, 0.3) is 0 Å². The van der Waals surface area contributed by atoms with Crippen LogP contribution in [0.1, 0.15) is 77.3 Å². The van der Waals surface area contributed by atoms with Crippen molar-refractivity contribution >= 4 is 5.69 Å². The summed E-state index contributed by atoms with van der Waals surface area (Å²) < 4.78 is 0. The summed E-state index contributed by atoms with van der Waals surface area (Å²) in [6, 6.07) is 7.67. The molecule has 20 heavy (non-hydrogen) atoms. The van der Waals surface area contributed by atoms with E-state index in [0.717, 1.165) is 11.8 Å². The summed E-state index contributed by atoms with van der Waals surface area (Å²) in [6.07, 6.45) is 2.67. The molecular formula is C19H31N. The number of hydrogen-bond donors (Lipinski definition) is 1. The van der Waals surface area contributed by atoms with Crippen LogP contribution in [0, 0.1) is 11.8 Å². The minimum Gasteiger partial charge on any atom is -0.382 e. The zero-order valence-electron chi connectivity index (χ0n) is 14.0. The Bertz CT molecular complexity index is 439. The molecule has 0 radical (unpaired) electrons. The van der Waals surface area contributed by atoms with E-state index in [-0.39, 0.29) is 0 Å². The molecule has 0 amide bonds. The first-order chi connectivity index (χ1) is 9.38. The van der Waals surface area contributed by atoms with Gasteiger partial charge in [-0.25, -0.2) is 0 Å². The van der Waals surface area contributed by atoms with E-state index in [9.17, 15) is 0 Å². The molecule has 1 aromatic carbocycles. The van der Waals surface area contributed by atoms with Gasteiger partial charge >= 0.3 is 0 Å². The van der Waals surface area contributed by atoms with E-state index < -0.39 is 0 Å². The minimum atomic E-state index is 0.581. The van der Waals surface area contributed by atoms with Crippen LogP contribution in [-0.2, 0) is 0 Å². The van der Waals surface area contributed by atoms with Gasteiger partial charge in [-0.05, 0) is 53.7 Å². The molecule has 0 aromatic heterocycles. The summed E-state index contributed by atoms with van der Waals surface area (Å²) in [6.45, 7) is 13.8. The lowest BCUT2D eigenvalue weighted by Gasteiger charge is -2.39. The Labute approximate surface area is 125 Å². The second-order valence-electron chi connectivity index (χ2n) is 7.47. The van der Waals surface area contributed by atoms with Gasteiger partial charge in [0.15, 0.2) is 0 Å². The highest BCUT2D eigenvalue weighted by molar-refractivity contribution is 5.55. The Balaban J connectivity index is 2.08. The number of benzene rings is 1. The van der Waals surface area contributed by atoms with E-state index in [0.29, 0.717) is 17.9 Å². The van der Waals surface area contributed by atoms with Gasteiger partial charge < -0.3 is 5.32 Å². The highest BCUT2D eigenvalue weighted by Gasteiger charge is 2.31. The smallest absolute Gasteiger partial charge is 0.0377 e. The van der Waals surface area contributed by atoms with Crippen LogP contribution in [0.2, 0.25) is 0 Å². The first-order valence-corrected chi connectivity index (χ1v) is 8.28. The predicted molar refractivity (Wildman–Crippen MR) is 89.6 cm³/mol. The van der Waals surface area contributed by atoms with Crippen molar-refractivity contribution in [3.63, 3.8) is 0 Å². The van der Waals surface area contributed by atoms with Crippen molar-refractivity contribution in [3.05, 3.63) is 29.3 Å². The van der Waals surface area contributed by atoms with E-state index >= 15 is 0 Å². The third-order valence-corrected chi connectivity index (χ3v) is 4.84. The van der Waals surface area contributed by atoms with E-state index in [2.05, 4.69) is 65.1 Å². The van der Waals surface area contributed by atoms with Crippen molar-refractivity contribution in [2.24, 2.45) is 11.8 Å². The highest BCUT2D eigenvalue weighted by atomic mass is 14.9. The fraction of sp³-hybridized carbons (Fsp3) is 0.684. The fourth-order valence-electron chi connectivity index (χ4n) is 3.09. The van der Waals surface area contributed by atoms with E-state index in [1.165, 1.54) is 29.7 Å². The van der Waals surface area contributed by atoms with Gasteiger partial charge in [0, 0.05) is 11.7 Å². The van der Waals surface area contributed by atoms with Crippen LogP contribution in [-0.4, -0.2) is 6.04 Å². The van der Waals surface area contributed by atoms with Gasteiger partial charge in [-0.15, -0.1) is 0 Å². The zero-order chi connectivity index (χ0) is 14.9. The lowest BCUT2D eigenvalue weighted by Crippen LogP contribution is -2.38. The van der Waals surface area contributed by atoms with Crippen LogP contribution in [0.4, 0.5) is 5.69 Å². The molecule has 0 unspecified atom stereocenters. The van der Waals surface area contributed by atoms with Crippen molar-refractivity contribution in [2.45, 2.75) is 72.3 Å². The van der Waals surface area contributed by atoms with Gasteiger partial charge in [0.05, 0.1) is 0 Å². The third kappa shape index (κ3) is 3.37. The molecule has 1 N–H and O–H groups in total. The quantitative estimate of drug-likeness (QED) is 0.717.